The smallest absolute Gasteiger partial charge is 0.264 e. The molecule has 1 N–H and O–H groups in total. The number of fused-ring (bicyclic) bond motifs is 2. The zero-order valence-corrected chi connectivity index (χ0v) is 18.7. The van der Waals surface area contributed by atoms with Gasteiger partial charge in [-0.25, -0.2) is 9.67 Å². The van der Waals surface area contributed by atoms with Gasteiger partial charge in [0.1, 0.15) is 11.7 Å². The average molecular weight is 478 g/mol. The third kappa shape index (κ3) is 4.65. The second kappa shape index (κ2) is 9.40. The zero-order chi connectivity index (χ0) is 23.5. The van der Waals surface area contributed by atoms with E-state index in [-0.39, 0.29) is 18.3 Å². The molecule has 34 heavy (non-hydrogen) atoms. The van der Waals surface area contributed by atoms with Crippen LogP contribution in [0.1, 0.15) is 11.1 Å². The van der Waals surface area contributed by atoms with Gasteiger partial charge in [0.15, 0.2) is 17.1 Å². The monoisotopic (exact) mass is 477 g/mol. The van der Waals surface area contributed by atoms with Crippen LogP contribution in [0.2, 0.25) is 5.02 Å². The van der Waals surface area contributed by atoms with Crippen LogP contribution in [0.5, 0.6) is 11.5 Å². The van der Waals surface area contributed by atoms with Crippen molar-refractivity contribution in [2.24, 2.45) is 0 Å². The third-order valence-corrected chi connectivity index (χ3v) is 5.55. The van der Waals surface area contributed by atoms with Crippen molar-refractivity contribution < 1.29 is 14.3 Å². The van der Waals surface area contributed by atoms with Crippen molar-refractivity contribution in [2.75, 3.05) is 13.3 Å². The van der Waals surface area contributed by atoms with Crippen molar-refractivity contribution >= 4 is 34.6 Å². The first kappa shape index (κ1) is 21.7. The number of nitrogens with zero attached hydrogens (tertiary/aromatic N) is 4. The van der Waals surface area contributed by atoms with Crippen LogP contribution in [-0.4, -0.2) is 38.6 Å². The van der Waals surface area contributed by atoms with Gasteiger partial charge in [-0.2, -0.15) is 5.10 Å². The van der Waals surface area contributed by atoms with Crippen LogP contribution in [-0.2, 0) is 17.9 Å². The molecular weight excluding hydrogens is 458 g/mol. The summed E-state index contributed by atoms with van der Waals surface area (Å²) in [6.45, 7) is 1.27. The molecule has 1 aliphatic rings. The van der Waals surface area contributed by atoms with Gasteiger partial charge < -0.3 is 14.8 Å². The number of amides is 1. The number of ether oxygens (including phenoxy) is 2. The molecule has 4 aromatic rings. The molecule has 2 aromatic carbocycles. The highest BCUT2D eigenvalue weighted by atomic mass is 35.5. The maximum atomic E-state index is 12.8. The van der Waals surface area contributed by atoms with Crippen LogP contribution < -0.4 is 20.3 Å². The number of aromatic nitrogens is 4. The van der Waals surface area contributed by atoms with Crippen molar-refractivity contribution in [2.45, 2.75) is 13.1 Å². The molecule has 10 heteroatoms. The lowest BCUT2D eigenvalue weighted by atomic mass is 10.2. The number of rotatable bonds is 7. The van der Waals surface area contributed by atoms with E-state index in [1.54, 1.807) is 22.9 Å². The van der Waals surface area contributed by atoms with Gasteiger partial charge in [0.25, 0.3) is 5.56 Å². The van der Waals surface area contributed by atoms with E-state index in [9.17, 15) is 9.59 Å². The Hall–Kier alpha value is -4.11. The number of halogens is 1. The fraction of sp³-hybridized carbons (Fsp3) is 0.167. The summed E-state index contributed by atoms with van der Waals surface area (Å²) >= 11 is 6.03. The van der Waals surface area contributed by atoms with Gasteiger partial charge in [-0.05, 0) is 41.5 Å². The topological polar surface area (TPSA) is 100 Å². The summed E-state index contributed by atoms with van der Waals surface area (Å²) in [5.41, 5.74) is 2.01. The first-order valence-corrected chi connectivity index (χ1v) is 11.0. The summed E-state index contributed by atoms with van der Waals surface area (Å²) in [5.74, 6) is 1.11. The minimum absolute atomic E-state index is 0.188. The van der Waals surface area contributed by atoms with Crippen molar-refractivity contribution in [3.63, 3.8) is 0 Å². The largest absolute Gasteiger partial charge is 0.454 e. The molecule has 0 atom stereocenters. The summed E-state index contributed by atoms with van der Waals surface area (Å²) in [6.07, 6.45) is 6.15. The van der Waals surface area contributed by atoms with Crippen LogP contribution in [0.25, 0.3) is 17.1 Å². The zero-order valence-electron chi connectivity index (χ0n) is 18.0. The van der Waals surface area contributed by atoms with E-state index < -0.39 is 0 Å². The van der Waals surface area contributed by atoms with Gasteiger partial charge in [-0.1, -0.05) is 29.8 Å². The lowest BCUT2D eigenvalue weighted by Crippen LogP contribution is -2.26. The number of nitrogens with one attached hydrogen (secondary N) is 1. The van der Waals surface area contributed by atoms with Gasteiger partial charge in [-0.15, -0.1) is 0 Å². The molecule has 5 rings (SSSR count). The lowest BCUT2D eigenvalue weighted by Gasteiger charge is -2.07. The highest BCUT2D eigenvalue weighted by molar-refractivity contribution is 6.30. The standard InChI is InChI=1S/C24H20ClN5O4/c25-18-3-1-2-17(10-18)13-29-14-27-23-19(24(29)32)12-28-30(23)9-8-26-22(31)7-5-16-4-6-20-21(11-16)34-15-33-20/h1-7,10-12,14H,8-9,13,15H2,(H,26,31)/b7-5-. The lowest BCUT2D eigenvalue weighted by molar-refractivity contribution is -0.116. The average Bonchev–Trinajstić information content (AvgIpc) is 3.46. The highest BCUT2D eigenvalue weighted by Crippen LogP contribution is 2.32. The van der Waals surface area contributed by atoms with Crippen molar-refractivity contribution in [1.82, 2.24) is 24.6 Å². The van der Waals surface area contributed by atoms with E-state index in [1.165, 1.54) is 23.2 Å². The van der Waals surface area contributed by atoms with Gasteiger partial charge in [0.05, 0.1) is 19.3 Å². The van der Waals surface area contributed by atoms with E-state index >= 15 is 0 Å². The van der Waals surface area contributed by atoms with Crippen LogP contribution in [0.4, 0.5) is 0 Å². The van der Waals surface area contributed by atoms with Crippen LogP contribution in [0.3, 0.4) is 0 Å². The normalized spacial score (nSPS) is 12.5. The molecule has 1 amide bonds. The first-order chi connectivity index (χ1) is 16.6. The molecule has 0 unspecified atom stereocenters. The number of benzene rings is 2. The van der Waals surface area contributed by atoms with Gasteiger partial charge >= 0.3 is 0 Å². The Labute approximate surface area is 199 Å². The Morgan fingerprint density at radius 1 is 1.18 bits per heavy atom. The Balaban J connectivity index is 1.20. The van der Waals surface area contributed by atoms with E-state index in [1.807, 2.05) is 30.3 Å². The van der Waals surface area contributed by atoms with Crippen LogP contribution in [0, 0.1) is 0 Å². The Bertz CT molecular complexity index is 1460. The Morgan fingerprint density at radius 3 is 2.94 bits per heavy atom. The molecule has 0 radical (unpaired) electrons. The van der Waals surface area contributed by atoms with E-state index in [0.29, 0.717) is 47.2 Å². The number of carbonyl (C=O) groups is 1. The van der Waals surface area contributed by atoms with E-state index in [2.05, 4.69) is 15.4 Å². The quantitative estimate of drug-likeness (QED) is 0.411. The molecule has 0 fully saturated rings. The predicted octanol–water partition coefficient (Wildman–Crippen LogP) is 2.85. The highest BCUT2D eigenvalue weighted by Gasteiger charge is 2.13. The Morgan fingerprint density at radius 2 is 2.06 bits per heavy atom. The SMILES string of the molecule is O=C(/C=C\c1ccc2c(c1)OCO2)NCCn1ncc2c(=O)n(Cc3cccc(Cl)c3)cnc21. The molecule has 3 heterocycles. The molecular formula is C24H20ClN5O4. The van der Waals surface area contributed by atoms with Gasteiger partial charge in [-0.3, -0.25) is 14.2 Å². The molecule has 2 aromatic heterocycles. The maximum absolute atomic E-state index is 12.8. The van der Waals surface area contributed by atoms with Crippen molar-refractivity contribution in [3.05, 3.63) is 87.6 Å². The molecule has 0 saturated carbocycles. The Kier molecular flexibility index (Phi) is 6.01. The minimum Gasteiger partial charge on any atom is -0.454 e. The number of carbonyl (C=O) groups excluding carboxylic acids is 1. The second-order valence-electron chi connectivity index (χ2n) is 7.65. The van der Waals surface area contributed by atoms with Gasteiger partial charge in [0, 0.05) is 17.6 Å². The number of hydrogen-bond acceptors (Lipinski definition) is 6. The summed E-state index contributed by atoms with van der Waals surface area (Å²) in [5, 5.41) is 8.10. The fourth-order valence-electron chi connectivity index (χ4n) is 3.64. The summed E-state index contributed by atoms with van der Waals surface area (Å²) in [6, 6.07) is 12.8. The molecule has 0 spiro atoms. The minimum atomic E-state index is -0.244. The maximum Gasteiger partial charge on any atom is 0.264 e. The first-order valence-electron chi connectivity index (χ1n) is 10.6. The molecule has 172 valence electrons. The molecule has 9 nitrogen and oxygen atoms in total. The van der Waals surface area contributed by atoms with Crippen molar-refractivity contribution in [3.8, 4) is 11.5 Å². The molecule has 0 aliphatic carbocycles. The van der Waals surface area contributed by atoms with Crippen LogP contribution >= 0.6 is 11.6 Å². The summed E-state index contributed by atoms with van der Waals surface area (Å²) in [7, 11) is 0. The summed E-state index contributed by atoms with van der Waals surface area (Å²) < 4.78 is 13.7. The van der Waals surface area contributed by atoms with Gasteiger partial charge in [0.2, 0.25) is 12.7 Å². The number of hydrogen-bond donors (Lipinski definition) is 1. The third-order valence-electron chi connectivity index (χ3n) is 5.31. The van der Waals surface area contributed by atoms with E-state index in [4.69, 9.17) is 21.1 Å². The predicted molar refractivity (Wildman–Crippen MR) is 127 cm³/mol. The van der Waals surface area contributed by atoms with E-state index in [0.717, 1.165) is 11.1 Å². The fourth-order valence-corrected chi connectivity index (χ4v) is 3.85. The summed E-state index contributed by atoms with van der Waals surface area (Å²) in [4.78, 5) is 29.4. The molecule has 1 aliphatic heterocycles. The molecule has 0 saturated heterocycles. The van der Waals surface area contributed by atoms with Crippen LogP contribution in [0.15, 0.2) is 65.9 Å². The van der Waals surface area contributed by atoms with Crippen molar-refractivity contribution in [1.29, 1.82) is 0 Å². The molecule has 0 bridgehead atoms. The second-order valence-corrected chi connectivity index (χ2v) is 8.09.